The van der Waals surface area contributed by atoms with Gasteiger partial charge in [0.15, 0.2) is 0 Å². The van der Waals surface area contributed by atoms with E-state index in [0.717, 1.165) is 21.9 Å². The predicted octanol–water partition coefficient (Wildman–Crippen LogP) is 5.67. The molecule has 1 aromatic carbocycles. The van der Waals surface area contributed by atoms with Crippen LogP contribution in [-0.2, 0) is 9.53 Å². The Morgan fingerprint density at radius 3 is 2.04 bits per heavy atom. The van der Waals surface area contributed by atoms with Crippen LogP contribution in [0.3, 0.4) is 0 Å². The van der Waals surface area contributed by atoms with Gasteiger partial charge in [-0.3, -0.25) is 4.79 Å². The first kappa shape index (κ1) is 18.7. The molecule has 0 spiro atoms. The lowest BCUT2D eigenvalue weighted by molar-refractivity contribution is -0.134. The molecule has 0 saturated heterocycles. The number of benzene rings is 1. The normalized spacial score (nSPS) is 16.4. The molecule has 0 heterocycles. The van der Waals surface area contributed by atoms with Gasteiger partial charge in [-0.15, -0.1) is 0 Å². The fourth-order valence-corrected chi connectivity index (χ4v) is 4.98. The third-order valence-corrected chi connectivity index (χ3v) is 7.20. The van der Waals surface area contributed by atoms with Crippen LogP contribution in [0.4, 0.5) is 0 Å². The van der Waals surface area contributed by atoms with Gasteiger partial charge in [-0.2, -0.15) is 0 Å². The molecule has 128 valence electrons. The largest absolute Gasteiger partial charge is 0.425 e. The van der Waals surface area contributed by atoms with Gasteiger partial charge in [-0.1, -0.05) is 81.0 Å². The molecule has 0 aliphatic heterocycles. The van der Waals surface area contributed by atoms with E-state index in [9.17, 15) is 4.79 Å². The molecule has 0 fully saturated rings. The van der Waals surface area contributed by atoms with E-state index in [2.05, 4.69) is 57.6 Å². The zero-order valence-electron chi connectivity index (χ0n) is 15.9. The lowest BCUT2D eigenvalue weighted by Gasteiger charge is -2.24. The molecular formula is C20H28O2Si2. The van der Waals surface area contributed by atoms with Gasteiger partial charge in [-0.25, -0.2) is 0 Å². The van der Waals surface area contributed by atoms with Crippen LogP contribution in [0.1, 0.15) is 18.1 Å². The summed E-state index contributed by atoms with van der Waals surface area (Å²) >= 11 is 0. The topological polar surface area (TPSA) is 26.3 Å². The van der Waals surface area contributed by atoms with Crippen LogP contribution >= 0.6 is 0 Å². The number of esters is 1. The number of ether oxygens (including phenoxy) is 1. The van der Waals surface area contributed by atoms with Crippen molar-refractivity contribution in [3.8, 4) is 0 Å². The summed E-state index contributed by atoms with van der Waals surface area (Å²) in [4.78, 5) is 11.7. The van der Waals surface area contributed by atoms with Crippen LogP contribution < -0.4 is 0 Å². The number of rotatable bonds is 4. The number of hydrogen-bond donors (Lipinski definition) is 0. The van der Waals surface area contributed by atoms with Crippen molar-refractivity contribution in [2.75, 3.05) is 0 Å². The Kier molecular flexibility index (Phi) is 4.93. The molecule has 1 aromatic rings. The summed E-state index contributed by atoms with van der Waals surface area (Å²) < 4.78 is 5.69. The van der Waals surface area contributed by atoms with E-state index in [4.69, 9.17) is 4.74 Å². The Bertz CT molecular complexity index is 757. The molecule has 0 bridgehead atoms. The second-order valence-electron chi connectivity index (χ2n) is 8.50. The number of allylic oxidation sites excluding steroid dienone is 3. The predicted molar refractivity (Wildman–Crippen MR) is 109 cm³/mol. The van der Waals surface area contributed by atoms with E-state index in [1.807, 2.05) is 18.2 Å². The Hall–Kier alpha value is -1.66. The van der Waals surface area contributed by atoms with Crippen molar-refractivity contribution in [1.82, 2.24) is 0 Å². The van der Waals surface area contributed by atoms with Gasteiger partial charge in [0.05, 0.1) is 16.1 Å². The van der Waals surface area contributed by atoms with Gasteiger partial charge in [0.1, 0.15) is 5.76 Å². The molecule has 4 heteroatoms. The van der Waals surface area contributed by atoms with Gasteiger partial charge in [-0.05, 0) is 11.1 Å². The molecule has 1 aliphatic rings. The Morgan fingerprint density at radius 2 is 1.58 bits per heavy atom. The number of carbonyl (C=O) groups is 1. The molecule has 0 atom stereocenters. The minimum Gasteiger partial charge on any atom is -0.425 e. The second kappa shape index (κ2) is 6.33. The molecule has 0 radical (unpaired) electrons. The smallest absolute Gasteiger partial charge is 0.308 e. The average molecular weight is 357 g/mol. The van der Waals surface area contributed by atoms with E-state index in [-0.39, 0.29) is 5.97 Å². The second-order valence-corrected chi connectivity index (χ2v) is 18.6. The van der Waals surface area contributed by atoms with Crippen LogP contribution in [0, 0.1) is 0 Å². The highest BCUT2D eigenvalue weighted by Crippen LogP contribution is 2.47. The molecule has 2 rings (SSSR count). The van der Waals surface area contributed by atoms with Gasteiger partial charge >= 0.3 is 5.97 Å². The number of hydrogen-bond acceptors (Lipinski definition) is 2. The lowest BCUT2D eigenvalue weighted by atomic mass is 10.0. The van der Waals surface area contributed by atoms with Crippen LogP contribution in [0.2, 0.25) is 39.3 Å². The standard InChI is InChI=1S/C20H28O2Si2/c1-14(24(6,7)8)19-18(13-23(3,4)5)16-11-9-10-12-17(16)20(19)22-15(2)21/h9-13H,1H2,2-8H3/b18-13-. The maximum absolute atomic E-state index is 11.7. The first-order chi connectivity index (χ1) is 10.9. The fraction of sp³-hybridized carbons (Fsp3) is 0.350. The zero-order chi connectivity index (χ0) is 18.3. The highest BCUT2D eigenvalue weighted by molar-refractivity contribution is 6.85. The van der Waals surface area contributed by atoms with Gasteiger partial charge in [0, 0.05) is 18.1 Å². The van der Waals surface area contributed by atoms with Gasteiger partial charge < -0.3 is 4.74 Å². The maximum atomic E-state index is 11.7. The summed E-state index contributed by atoms with van der Waals surface area (Å²) in [6.45, 7) is 19.7. The summed E-state index contributed by atoms with van der Waals surface area (Å²) in [6.07, 6.45) is 0. The summed E-state index contributed by atoms with van der Waals surface area (Å²) in [7, 11) is -3.11. The molecule has 1 aliphatic carbocycles. The van der Waals surface area contributed by atoms with Crippen LogP contribution in [0.25, 0.3) is 11.3 Å². The minimum atomic E-state index is -1.64. The van der Waals surface area contributed by atoms with Crippen molar-refractivity contribution >= 4 is 33.4 Å². The first-order valence-corrected chi connectivity index (χ1v) is 15.4. The van der Waals surface area contributed by atoms with Crippen molar-refractivity contribution in [3.63, 3.8) is 0 Å². The van der Waals surface area contributed by atoms with Crippen molar-refractivity contribution in [1.29, 1.82) is 0 Å². The van der Waals surface area contributed by atoms with Crippen LogP contribution in [0.5, 0.6) is 0 Å². The van der Waals surface area contributed by atoms with E-state index in [1.165, 1.54) is 12.5 Å². The monoisotopic (exact) mass is 356 g/mol. The molecule has 2 nitrogen and oxygen atoms in total. The first-order valence-electron chi connectivity index (χ1n) is 8.37. The Labute approximate surface area is 148 Å². The highest BCUT2D eigenvalue weighted by atomic mass is 28.3. The van der Waals surface area contributed by atoms with E-state index < -0.39 is 16.1 Å². The van der Waals surface area contributed by atoms with E-state index in [0.29, 0.717) is 5.76 Å². The fourth-order valence-electron chi connectivity index (χ4n) is 2.81. The summed E-state index contributed by atoms with van der Waals surface area (Å²) in [6, 6.07) is 8.20. The molecular weight excluding hydrogens is 328 g/mol. The molecule has 0 saturated carbocycles. The minimum absolute atomic E-state index is 0.282. The molecule has 0 amide bonds. The zero-order valence-corrected chi connectivity index (χ0v) is 17.9. The maximum Gasteiger partial charge on any atom is 0.308 e. The van der Waals surface area contributed by atoms with Gasteiger partial charge in [0.2, 0.25) is 0 Å². The van der Waals surface area contributed by atoms with Crippen molar-refractivity contribution in [3.05, 3.63) is 58.4 Å². The van der Waals surface area contributed by atoms with Crippen LogP contribution in [-0.4, -0.2) is 22.1 Å². The number of fused-ring (bicyclic) bond motifs is 1. The highest BCUT2D eigenvalue weighted by Gasteiger charge is 2.35. The lowest BCUT2D eigenvalue weighted by Crippen LogP contribution is -2.25. The van der Waals surface area contributed by atoms with E-state index in [1.54, 1.807) is 0 Å². The molecule has 0 unspecified atom stereocenters. The Balaban J connectivity index is 2.80. The third kappa shape index (κ3) is 3.87. The summed E-state index contributed by atoms with van der Waals surface area (Å²) in [5.74, 6) is 0.407. The Morgan fingerprint density at radius 1 is 1.04 bits per heavy atom. The molecule has 24 heavy (non-hydrogen) atoms. The third-order valence-electron chi connectivity index (χ3n) is 3.99. The summed E-state index contributed by atoms with van der Waals surface area (Å²) in [5.41, 5.74) is 6.82. The number of carbonyl (C=O) groups excluding carboxylic acids is 1. The molecule has 0 aromatic heterocycles. The van der Waals surface area contributed by atoms with Crippen LogP contribution in [0.15, 0.2) is 47.3 Å². The average Bonchev–Trinajstić information content (AvgIpc) is 2.69. The quantitative estimate of drug-likeness (QED) is 0.513. The van der Waals surface area contributed by atoms with Gasteiger partial charge in [0.25, 0.3) is 0 Å². The molecule has 0 N–H and O–H groups in total. The SMILES string of the molecule is C=C(C1=C(OC(C)=O)c2ccccc2/C1=C/[Si](C)(C)C)[Si](C)(C)C. The summed E-state index contributed by atoms with van der Waals surface area (Å²) in [5, 5.41) is 1.14. The van der Waals surface area contributed by atoms with Crippen molar-refractivity contribution < 1.29 is 9.53 Å². The van der Waals surface area contributed by atoms with Crippen molar-refractivity contribution in [2.45, 2.75) is 46.2 Å². The van der Waals surface area contributed by atoms with E-state index >= 15 is 0 Å². The van der Waals surface area contributed by atoms with Crippen molar-refractivity contribution in [2.24, 2.45) is 0 Å².